The molecular weight excluding hydrogens is 138 g/mol. The first kappa shape index (κ1) is 9.98. The molecule has 0 aromatic heterocycles. The zero-order chi connectivity index (χ0) is 8.69. The standard InChI is InChI=1S/C6H5O.C3H9N/c7-6-4-2-1-3-5-6;1-3(2)4/h1-4,7H;3H,4H2,1-2H3. The van der Waals surface area contributed by atoms with Crippen molar-refractivity contribution in [1.29, 1.82) is 0 Å². The van der Waals surface area contributed by atoms with Gasteiger partial charge in [-0.05, 0) is 12.1 Å². The molecule has 0 amide bonds. The summed E-state index contributed by atoms with van der Waals surface area (Å²) in [6.07, 6.45) is 0. The van der Waals surface area contributed by atoms with E-state index in [0.29, 0.717) is 6.04 Å². The molecule has 0 saturated carbocycles. The molecule has 0 fully saturated rings. The van der Waals surface area contributed by atoms with E-state index >= 15 is 0 Å². The van der Waals surface area contributed by atoms with Crippen LogP contribution in [0.25, 0.3) is 0 Å². The number of hydrogen-bond donors (Lipinski definition) is 2. The van der Waals surface area contributed by atoms with Crippen LogP contribution < -0.4 is 5.73 Å². The molecule has 2 heteroatoms. The van der Waals surface area contributed by atoms with Crippen LogP contribution in [0.15, 0.2) is 24.3 Å². The Balaban J connectivity index is 0.000000218. The second-order valence-corrected chi connectivity index (χ2v) is 2.49. The van der Waals surface area contributed by atoms with Crippen LogP contribution >= 0.6 is 0 Å². The normalized spacial score (nSPS) is 8.73. The highest BCUT2D eigenvalue weighted by Gasteiger charge is 1.76. The van der Waals surface area contributed by atoms with Gasteiger partial charge in [0, 0.05) is 6.07 Å². The third-order valence-electron chi connectivity index (χ3n) is 0.693. The zero-order valence-electron chi connectivity index (χ0n) is 6.91. The van der Waals surface area contributed by atoms with Crippen molar-refractivity contribution in [3.05, 3.63) is 30.3 Å². The van der Waals surface area contributed by atoms with Gasteiger partial charge in [0.1, 0.15) is 5.75 Å². The van der Waals surface area contributed by atoms with Crippen molar-refractivity contribution < 1.29 is 5.11 Å². The topological polar surface area (TPSA) is 46.2 Å². The lowest BCUT2D eigenvalue weighted by Crippen LogP contribution is -2.06. The Kier molecular flexibility index (Phi) is 5.21. The molecule has 1 aromatic rings. The maximum atomic E-state index is 8.58. The molecule has 0 saturated heterocycles. The van der Waals surface area contributed by atoms with Gasteiger partial charge < -0.3 is 10.8 Å². The summed E-state index contributed by atoms with van der Waals surface area (Å²) in [5.74, 6) is 0.197. The summed E-state index contributed by atoms with van der Waals surface area (Å²) in [5.41, 5.74) is 5.11. The molecule has 11 heavy (non-hydrogen) atoms. The van der Waals surface area contributed by atoms with E-state index in [-0.39, 0.29) is 5.75 Å². The average molecular weight is 152 g/mol. The molecule has 0 bridgehead atoms. The number of nitrogens with two attached hydrogens (primary N) is 1. The summed E-state index contributed by atoms with van der Waals surface area (Å²) in [6, 6.07) is 9.73. The number of para-hydroxylation sites is 1. The lowest BCUT2D eigenvalue weighted by atomic mass is 10.3. The number of phenols is 1. The number of rotatable bonds is 0. The van der Waals surface area contributed by atoms with Crippen LogP contribution in [0.3, 0.4) is 0 Å². The molecule has 0 atom stereocenters. The largest absolute Gasteiger partial charge is 0.507 e. The zero-order valence-corrected chi connectivity index (χ0v) is 6.91. The maximum Gasteiger partial charge on any atom is 0.123 e. The Morgan fingerprint density at radius 1 is 1.45 bits per heavy atom. The molecular formula is C9H14NO. The van der Waals surface area contributed by atoms with Crippen molar-refractivity contribution in [2.45, 2.75) is 19.9 Å². The van der Waals surface area contributed by atoms with Crippen LogP contribution in [0.5, 0.6) is 5.75 Å². The highest BCUT2D eigenvalue weighted by molar-refractivity contribution is 5.16. The van der Waals surface area contributed by atoms with Gasteiger partial charge >= 0.3 is 0 Å². The first-order valence-corrected chi connectivity index (χ1v) is 3.54. The molecule has 0 aliphatic carbocycles. The molecule has 61 valence electrons. The molecule has 1 radical (unpaired) electrons. The van der Waals surface area contributed by atoms with E-state index in [1.807, 2.05) is 13.8 Å². The number of hydrogen-bond acceptors (Lipinski definition) is 2. The highest BCUT2D eigenvalue weighted by atomic mass is 16.3. The number of phenolic OH excluding ortho intramolecular Hbond substituents is 1. The van der Waals surface area contributed by atoms with Crippen molar-refractivity contribution in [2.24, 2.45) is 5.73 Å². The predicted octanol–water partition coefficient (Wildman–Crippen LogP) is 1.55. The van der Waals surface area contributed by atoms with E-state index < -0.39 is 0 Å². The third-order valence-corrected chi connectivity index (χ3v) is 0.693. The number of benzene rings is 1. The molecule has 1 rings (SSSR count). The van der Waals surface area contributed by atoms with Crippen molar-refractivity contribution in [2.75, 3.05) is 0 Å². The van der Waals surface area contributed by atoms with E-state index in [0.717, 1.165) is 0 Å². The van der Waals surface area contributed by atoms with E-state index in [1.54, 1.807) is 24.3 Å². The average Bonchev–Trinajstić information content (AvgIpc) is 1.87. The molecule has 0 aliphatic rings. The summed E-state index contributed by atoms with van der Waals surface area (Å²) in [7, 11) is 0. The van der Waals surface area contributed by atoms with E-state index in [4.69, 9.17) is 10.8 Å². The van der Waals surface area contributed by atoms with Gasteiger partial charge in [0.25, 0.3) is 0 Å². The Morgan fingerprint density at radius 3 is 2.18 bits per heavy atom. The fraction of sp³-hybridized carbons (Fsp3) is 0.333. The second-order valence-electron chi connectivity index (χ2n) is 2.49. The van der Waals surface area contributed by atoms with Crippen LogP contribution in [-0.2, 0) is 0 Å². The van der Waals surface area contributed by atoms with Gasteiger partial charge in [-0.1, -0.05) is 32.0 Å². The lowest BCUT2D eigenvalue weighted by Gasteiger charge is -1.81. The van der Waals surface area contributed by atoms with Crippen molar-refractivity contribution in [3.8, 4) is 5.75 Å². The lowest BCUT2D eigenvalue weighted by molar-refractivity contribution is 0.474. The molecule has 1 aromatic carbocycles. The summed E-state index contributed by atoms with van der Waals surface area (Å²) in [5, 5.41) is 8.58. The Hall–Kier alpha value is -1.02. The molecule has 2 nitrogen and oxygen atoms in total. The van der Waals surface area contributed by atoms with E-state index in [9.17, 15) is 0 Å². The van der Waals surface area contributed by atoms with Crippen molar-refractivity contribution >= 4 is 0 Å². The first-order valence-electron chi connectivity index (χ1n) is 3.54. The molecule has 0 spiro atoms. The molecule has 0 aliphatic heterocycles. The fourth-order valence-corrected chi connectivity index (χ4v) is 0.384. The van der Waals surface area contributed by atoms with Gasteiger partial charge in [-0.15, -0.1) is 0 Å². The summed E-state index contributed by atoms with van der Waals surface area (Å²) in [4.78, 5) is 0. The van der Waals surface area contributed by atoms with Gasteiger partial charge in [-0.2, -0.15) is 0 Å². The van der Waals surface area contributed by atoms with Gasteiger partial charge in [0.2, 0.25) is 0 Å². The minimum atomic E-state index is 0.197. The monoisotopic (exact) mass is 152 g/mol. The highest BCUT2D eigenvalue weighted by Crippen LogP contribution is 2.01. The van der Waals surface area contributed by atoms with Crippen molar-refractivity contribution in [1.82, 2.24) is 0 Å². The minimum absolute atomic E-state index is 0.197. The third kappa shape index (κ3) is 8.98. The fourth-order valence-electron chi connectivity index (χ4n) is 0.384. The molecule has 0 unspecified atom stereocenters. The van der Waals surface area contributed by atoms with Crippen LogP contribution in [-0.4, -0.2) is 11.1 Å². The smallest absolute Gasteiger partial charge is 0.123 e. The Labute approximate surface area is 67.7 Å². The molecule has 3 N–H and O–H groups in total. The van der Waals surface area contributed by atoms with Gasteiger partial charge in [0.05, 0.1) is 0 Å². The quantitative estimate of drug-likeness (QED) is 0.592. The van der Waals surface area contributed by atoms with Crippen LogP contribution in [0.4, 0.5) is 0 Å². The van der Waals surface area contributed by atoms with Crippen LogP contribution in [0, 0.1) is 6.07 Å². The first-order chi connectivity index (χ1) is 5.13. The van der Waals surface area contributed by atoms with Gasteiger partial charge in [0.15, 0.2) is 0 Å². The van der Waals surface area contributed by atoms with E-state index in [1.165, 1.54) is 0 Å². The Morgan fingerprint density at radius 2 is 2.00 bits per heavy atom. The van der Waals surface area contributed by atoms with E-state index in [2.05, 4.69) is 6.07 Å². The SMILES string of the molecule is CC(C)N.Oc1[c]cccc1. The van der Waals surface area contributed by atoms with Crippen molar-refractivity contribution in [3.63, 3.8) is 0 Å². The van der Waals surface area contributed by atoms with Gasteiger partial charge in [-0.25, -0.2) is 0 Å². The Bertz CT molecular complexity index is 169. The predicted molar refractivity (Wildman–Crippen MR) is 46.3 cm³/mol. The number of aromatic hydroxyl groups is 1. The van der Waals surface area contributed by atoms with Crippen LogP contribution in [0.1, 0.15) is 13.8 Å². The van der Waals surface area contributed by atoms with Gasteiger partial charge in [-0.3, -0.25) is 0 Å². The minimum Gasteiger partial charge on any atom is -0.507 e. The molecule has 0 heterocycles. The second kappa shape index (κ2) is 5.74. The summed E-state index contributed by atoms with van der Waals surface area (Å²) in [6.45, 7) is 3.89. The maximum absolute atomic E-state index is 8.58. The van der Waals surface area contributed by atoms with Crippen LogP contribution in [0.2, 0.25) is 0 Å². The summed E-state index contributed by atoms with van der Waals surface area (Å²) < 4.78 is 0. The summed E-state index contributed by atoms with van der Waals surface area (Å²) >= 11 is 0.